The third kappa shape index (κ3) is 10.5. The summed E-state index contributed by atoms with van der Waals surface area (Å²) in [5.41, 5.74) is 1.50. The molecular weight excluding hydrogens is 550 g/mol. The van der Waals surface area contributed by atoms with Crippen LogP contribution in [0, 0.1) is 5.92 Å². The molecule has 2 N–H and O–H groups in total. The van der Waals surface area contributed by atoms with E-state index in [1.807, 2.05) is 32.3 Å². The molecule has 42 heavy (non-hydrogen) atoms. The Bertz CT molecular complexity index is 1140. The van der Waals surface area contributed by atoms with Crippen molar-refractivity contribution in [2.75, 3.05) is 33.7 Å². The molecule has 0 saturated carbocycles. The highest BCUT2D eigenvalue weighted by Crippen LogP contribution is 2.31. The summed E-state index contributed by atoms with van der Waals surface area (Å²) in [5, 5.41) is 8.73. The summed E-state index contributed by atoms with van der Waals surface area (Å²) < 4.78 is 5.71. The molecule has 0 radical (unpaired) electrons. The van der Waals surface area contributed by atoms with E-state index >= 15 is 0 Å². The molecule has 5 unspecified atom stereocenters. The number of hydrogen-bond acceptors (Lipinski definition) is 8. The van der Waals surface area contributed by atoms with Gasteiger partial charge >= 0.3 is 5.97 Å². The predicted molar refractivity (Wildman–Crippen MR) is 167 cm³/mol. The van der Waals surface area contributed by atoms with Crippen molar-refractivity contribution in [2.24, 2.45) is 5.92 Å². The van der Waals surface area contributed by atoms with E-state index in [2.05, 4.69) is 53.4 Å². The Morgan fingerprint density at radius 1 is 1.21 bits per heavy atom. The third-order valence-corrected chi connectivity index (χ3v) is 8.83. The minimum atomic E-state index is -0.643. The van der Waals surface area contributed by atoms with Gasteiger partial charge in [-0.2, -0.15) is 0 Å². The van der Waals surface area contributed by atoms with E-state index in [0.29, 0.717) is 29.6 Å². The molecule has 0 spiro atoms. The highest BCUT2D eigenvalue weighted by molar-refractivity contribution is 7.09. The Hall–Kier alpha value is -2.82. The number of nitrogens with one attached hydrogen (secondary N) is 2. The molecule has 5 atom stereocenters. The van der Waals surface area contributed by atoms with Crippen LogP contribution in [-0.4, -0.2) is 84.4 Å². The van der Waals surface area contributed by atoms with Crippen LogP contribution in [0.3, 0.4) is 0 Å². The highest BCUT2D eigenvalue weighted by Gasteiger charge is 2.36. The first-order chi connectivity index (χ1) is 20.1. The summed E-state index contributed by atoms with van der Waals surface area (Å²) in [6.45, 7) is 10.5. The van der Waals surface area contributed by atoms with Crippen molar-refractivity contribution in [3.63, 3.8) is 0 Å². The first-order valence-electron chi connectivity index (χ1n) is 15.2. The summed E-state index contributed by atoms with van der Waals surface area (Å²) in [6.07, 6.45) is 3.67. The average Bonchev–Trinajstić information content (AvgIpc) is 3.49. The molecule has 3 rings (SSSR count). The van der Waals surface area contributed by atoms with Gasteiger partial charge in [-0.05, 0) is 37.8 Å². The molecule has 1 aromatic heterocycles. The molecule has 0 bridgehead atoms. The second kappa shape index (κ2) is 16.7. The number of carbonyl (C=O) groups is 3. The van der Waals surface area contributed by atoms with Gasteiger partial charge < -0.3 is 20.3 Å². The number of likely N-dealkylation sites (N-methyl/N-ethyl adjacent to an activating group) is 1. The molecular formula is C32H49N5O4S. The number of rotatable bonds is 18. The zero-order valence-electron chi connectivity index (χ0n) is 26.1. The topological polar surface area (TPSA) is 104 Å². The van der Waals surface area contributed by atoms with E-state index in [1.165, 1.54) is 23.8 Å². The summed E-state index contributed by atoms with van der Waals surface area (Å²) >= 11 is 1.31. The van der Waals surface area contributed by atoms with E-state index in [-0.39, 0.29) is 29.8 Å². The van der Waals surface area contributed by atoms with E-state index < -0.39 is 12.1 Å². The Morgan fingerprint density at radius 3 is 2.60 bits per heavy atom. The number of esters is 1. The van der Waals surface area contributed by atoms with Gasteiger partial charge in [0.15, 0.2) is 6.10 Å². The molecule has 1 fully saturated rings. The lowest BCUT2D eigenvalue weighted by molar-refractivity contribution is -0.148. The van der Waals surface area contributed by atoms with Crippen LogP contribution in [0.15, 0.2) is 35.7 Å². The lowest BCUT2D eigenvalue weighted by atomic mass is 9.96. The van der Waals surface area contributed by atoms with Crippen LogP contribution in [0.2, 0.25) is 0 Å². The smallest absolute Gasteiger partial charge is 0.303 e. The van der Waals surface area contributed by atoms with E-state index in [1.54, 1.807) is 10.3 Å². The van der Waals surface area contributed by atoms with Crippen molar-refractivity contribution in [3.05, 3.63) is 52.0 Å². The van der Waals surface area contributed by atoms with Gasteiger partial charge in [-0.25, -0.2) is 4.98 Å². The average molecular weight is 600 g/mol. The minimum absolute atomic E-state index is 0.0352. The number of carbonyl (C=O) groups excluding carboxylic acids is 3. The maximum Gasteiger partial charge on any atom is 0.303 e. The van der Waals surface area contributed by atoms with Gasteiger partial charge in [-0.3, -0.25) is 19.3 Å². The standard InChI is InChI=1S/C32H49N5O4S/c1-7-8-14-30(39)36(6)28(22(2)3)19-29(41-23(4)38)32-35-27(21-42-32)31(40)34-25(17-24-12-10-9-11-13-24)18-26-20-37(26)16-15-33-5/h9-13,21-22,25-26,28-29,33H,7-8,14-20H2,1-6H3,(H,34,40). The number of thiazole rings is 1. The molecule has 1 aliphatic rings. The maximum atomic E-state index is 13.4. The van der Waals surface area contributed by atoms with Gasteiger partial charge in [0, 0.05) is 70.0 Å². The fraction of sp³-hybridized carbons (Fsp3) is 0.625. The molecule has 9 nitrogen and oxygen atoms in total. The minimum Gasteiger partial charge on any atom is -0.455 e. The van der Waals surface area contributed by atoms with Crippen LogP contribution < -0.4 is 10.6 Å². The van der Waals surface area contributed by atoms with Gasteiger partial charge in [0.2, 0.25) is 5.91 Å². The summed E-state index contributed by atoms with van der Waals surface area (Å²) in [4.78, 5) is 47.2. The maximum absolute atomic E-state index is 13.4. The number of ether oxygens (including phenoxy) is 1. The van der Waals surface area contributed by atoms with Crippen LogP contribution in [0.5, 0.6) is 0 Å². The highest BCUT2D eigenvalue weighted by atomic mass is 32.1. The Balaban J connectivity index is 1.72. The number of benzene rings is 1. The van der Waals surface area contributed by atoms with Crippen LogP contribution in [0.4, 0.5) is 0 Å². The quantitative estimate of drug-likeness (QED) is 0.193. The number of nitrogens with zero attached hydrogens (tertiary/aromatic N) is 3. The van der Waals surface area contributed by atoms with E-state index in [4.69, 9.17) is 4.74 Å². The Morgan fingerprint density at radius 2 is 1.95 bits per heavy atom. The monoisotopic (exact) mass is 599 g/mol. The predicted octanol–water partition coefficient (Wildman–Crippen LogP) is 4.45. The van der Waals surface area contributed by atoms with Gasteiger partial charge in [0.25, 0.3) is 5.91 Å². The molecule has 0 aliphatic carbocycles. The van der Waals surface area contributed by atoms with Crippen molar-refractivity contribution >= 4 is 29.1 Å². The third-order valence-electron chi connectivity index (χ3n) is 7.89. The number of hydrogen-bond donors (Lipinski definition) is 2. The zero-order chi connectivity index (χ0) is 30.6. The summed E-state index contributed by atoms with van der Waals surface area (Å²) in [6, 6.07) is 10.5. The van der Waals surface area contributed by atoms with Crippen LogP contribution in [0.25, 0.3) is 0 Å². The number of unbranched alkanes of at least 4 members (excludes halogenated alkanes) is 1. The molecule has 2 amide bonds. The normalized spacial score (nSPS) is 18.3. The Kier molecular flexibility index (Phi) is 13.4. The first-order valence-corrected chi connectivity index (χ1v) is 16.1. The lowest BCUT2D eigenvalue weighted by Crippen LogP contribution is -2.41. The molecule has 1 saturated heterocycles. The molecule has 10 heteroatoms. The fourth-order valence-corrected chi connectivity index (χ4v) is 6.22. The SMILES string of the molecule is CCCCC(=O)N(C)C(CC(OC(C)=O)c1nc(C(=O)NC(Cc2ccccc2)CC2CN2CCNC)cs1)C(C)C. The van der Waals surface area contributed by atoms with E-state index in [0.717, 1.165) is 45.3 Å². The molecule has 2 aromatic rings. The van der Waals surface area contributed by atoms with Crippen molar-refractivity contribution in [3.8, 4) is 0 Å². The number of aromatic nitrogens is 1. The second-order valence-corrected chi connectivity index (χ2v) is 12.6. The first kappa shape index (κ1) is 33.7. The molecule has 2 heterocycles. The zero-order valence-corrected chi connectivity index (χ0v) is 26.9. The van der Waals surface area contributed by atoms with Crippen molar-refractivity contribution in [1.29, 1.82) is 0 Å². The lowest BCUT2D eigenvalue weighted by Gasteiger charge is -2.33. The molecule has 1 aromatic carbocycles. The summed E-state index contributed by atoms with van der Waals surface area (Å²) in [5.74, 6) is -0.412. The van der Waals surface area contributed by atoms with Crippen LogP contribution in [-0.2, 0) is 20.7 Å². The van der Waals surface area contributed by atoms with Crippen LogP contribution in [0.1, 0.15) is 87.0 Å². The molecule has 232 valence electrons. The van der Waals surface area contributed by atoms with Crippen LogP contribution >= 0.6 is 11.3 Å². The summed E-state index contributed by atoms with van der Waals surface area (Å²) in [7, 11) is 3.78. The van der Waals surface area contributed by atoms with Gasteiger partial charge in [-0.1, -0.05) is 57.5 Å². The Labute approximate surface area is 255 Å². The van der Waals surface area contributed by atoms with Crippen molar-refractivity contribution in [1.82, 2.24) is 25.4 Å². The van der Waals surface area contributed by atoms with Crippen molar-refractivity contribution in [2.45, 2.75) is 90.4 Å². The van der Waals surface area contributed by atoms with Crippen molar-refractivity contribution < 1.29 is 19.1 Å². The van der Waals surface area contributed by atoms with Gasteiger partial charge in [0.05, 0.1) is 0 Å². The largest absolute Gasteiger partial charge is 0.455 e. The van der Waals surface area contributed by atoms with Gasteiger partial charge in [-0.15, -0.1) is 11.3 Å². The van der Waals surface area contributed by atoms with Gasteiger partial charge in [0.1, 0.15) is 10.7 Å². The van der Waals surface area contributed by atoms with E-state index in [9.17, 15) is 14.4 Å². The number of amides is 2. The fourth-order valence-electron chi connectivity index (χ4n) is 5.38. The molecule has 1 aliphatic heterocycles. The second-order valence-electron chi connectivity index (χ2n) is 11.7.